The molecule has 1 heterocycles. The van der Waals surface area contributed by atoms with Gasteiger partial charge in [-0.2, -0.15) is 4.39 Å². The van der Waals surface area contributed by atoms with Crippen LogP contribution in [-0.2, 0) is 0 Å². The van der Waals surface area contributed by atoms with Crippen molar-refractivity contribution in [2.75, 3.05) is 20.2 Å². The molecule has 1 aliphatic rings. The highest BCUT2D eigenvalue weighted by Gasteiger charge is 2.23. The molecule has 1 aromatic rings. The summed E-state index contributed by atoms with van der Waals surface area (Å²) in [5.41, 5.74) is -0.581. The topological polar surface area (TPSA) is 55.6 Å². The van der Waals surface area contributed by atoms with Crippen LogP contribution in [0.4, 0.5) is 10.1 Å². The molecule has 1 aromatic carbocycles. The summed E-state index contributed by atoms with van der Waals surface area (Å²) in [6, 6.07) is 4.36. The smallest absolute Gasteiger partial charge is 0.346 e. The lowest BCUT2D eigenvalue weighted by Gasteiger charge is -2.19. The first-order valence-corrected chi connectivity index (χ1v) is 6.35. The molecule has 0 amide bonds. The Morgan fingerprint density at radius 1 is 1.58 bits per heavy atom. The Morgan fingerprint density at radius 3 is 3.00 bits per heavy atom. The molecular weight excluding hydrogens is 251 g/mol. The van der Waals surface area contributed by atoms with Crippen molar-refractivity contribution in [1.82, 2.24) is 4.90 Å². The van der Waals surface area contributed by atoms with Crippen molar-refractivity contribution < 1.29 is 14.1 Å². The van der Waals surface area contributed by atoms with E-state index in [2.05, 4.69) is 11.9 Å². The van der Waals surface area contributed by atoms with E-state index in [4.69, 9.17) is 4.74 Å². The van der Waals surface area contributed by atoms with Crippen LogP contribution < -0.4 is 4.74 Å². The fraction of sp³-hybridized carbons (Fsp3) is 0.538. The molecule has 0 spiro atoms. The van der Waals surface area contributed by atoms with Crippen molar-refractivity contribution in [3.63, 3.8) is 0 Å². The summed E-state index contributed by atoms with van der Waals surface area (Å²) in [4.78, 5) is 12.3. The normalized spacial score (nSPS) is 19.6. The van der Waals surface area contributed by atoms with Crippen molar-refractivity contribution in [3.8, 4) is 5.75 Å². The molecule has 1 unspecified atom stereocenters. The average molecular weight is 268 g/mol. The maximum absolute atomic E-state index is 13.4. The van der Waals surface area contributed by atoms with Crippen molar-refractivity contribution in [3.05, 3.63) is 34.1 Å². The lowest BCUT2D eigenvalue weighted by molar-refractivity contribution is -0.388. The number of nitrogens with zero attached hydrogens (tertiary/aromatic N) is 2. The number of likely N-dealkylation sites (tertiary alicyclic amines) is 1. The summed E-state index contributed by atoms with van der Waals surface area (Å²) >= 11 is 0. The van der Waals surface area contributed by atoms with Gasteiger partial charge in [0, 0.05) is 6.04 Å². The van der Waals surface area contributed by atoms with Crippen LogP contribution >= 0.6 is 0 Å². The summed E-state index contributed by atoms with van der Waals surface area (Å²) in [7, 11) is 2.06. The molecule has 0 aromatic heterocycles. The molecule has 5 nitrogen and oxygen atoms in total. The standard InChI is InChI=1S/C13H17FN2O3/c1-15-8-3-4-10(15)7-9-19-12-6-2-5-11(14)13(12)16(17)18/h2,5-6,10H,3-4,7-9H2,1H3. The van der Waals surface area contributed by atoms with Gasteiger partial charge in [0.05, 0.1) is 11.5 Å². The van der Waals surface area contributed by atoms with Gasteiger partial charge < -0.3 is 9.64 Å². The van der Waals surface area contributed by atoms with E-state index in [1.54, 1.807) is 0 Å². The Balaban J connectivity index is 1.96. The zero-order valence-corrected chi connectivity index (χ0v) is 10.8. The number of benzene rings is 1. The minimum Gasteiger partial charge on any atom is -0.487 e. The van der Waals surface area contributed by atoms with Gasteiger partial charge in [-0.15, -0.1) is 0 Å². The van der Waals surface area contributed by atoms with Crippen molar-refractivity contribution in [2.45, 2.75) is 25.3 Å². The minimum absolute atomic E-state index is 0.00523. The SMILES string of the molecule is CN1CCCC1CCOc1cccc(F)c1[N+](=O)[O-]. The van der Waals surface area contributed by atoms with Crippen LogP contribution in [0, 0.1) is 15.9 Å². The van der Waals surface area contributed by atoms with Gasteiger partial charge >= 0.3 is 5.69 Å². The van der Waals surface area contributed by atoms with Gasteiger partial charge in [-0.1, -0.05) is 6.07 Å². The molecule has 6 heteroatoms. The maximum Gasteiger partial charge on any atom is 0.346 e. The van der Waals surface area contributed by atoms with Gasteiger partial charge in [-0.05, 0) is 45.0 Å². The van der Waals surface area contributed by atoms with Gasteiger partial charge in [-0.3, -0.25) is 10.1 Å². The third-order valence-corrected chi connectivity index (χ3v) is 3.51. The number of halogens is 1. The monoisotopic (exact) mass is 268 g/mol. The third kappa shape index (κ3) is 3.20. The zero-order chi connectivity index (χ0) is 13.8. The number of hydrogen-bond donors (Lipinski definition) is 0. The molecule has 0 radical (unpaired) electrons. The van der Waals surface area contributed by atoms with Crippen LogP contribution in [-0.4, -0.2) is 36.1 Å². The Hall–Kier alpha value is -1.69. The molecule has 0 saturated carbocycles. The highest BCUT2D eigenvalue weighted by atomic mass is 19.1. The van der Waals surface area contributed by atoms with E-state index in [1.807, 2.05) is 0 Å². The highest BCUT2D eigenvalue weighted by Crippen LogP contribution is 2.30. The van der Waals surface area contributed by atoms with Crippen LogP contribution in [0.5, 0.6) is 5.75 Å². The number of hydrogen-bond acceptors (Lipinski definition) is 4. The molecule has 19 heavy (non-hydrogen) atoms. The Labute approximate surface area is 111 Å². The van der Waals surface area contributed by atoms with Gasteiger partial charge in [0.2, 0.25) is 5.82 Å². The maximum atomic E-state index is 13.4. The van der Waals surface area contributed by atoms with Gasteiger partial charge in [0.1, 0.15) is 0 Å². The number of nitro groups is 1. The van der Waals surface area contributed by atoms with E-state index in [1.165, 1.54) is 18.6 Å². The largest absolute Gasteiger partial charge is 0.487 e. The molecule has 1 fully saturated rings. The van der Waals surface area contributed by atoms with Gasteiger partial charge in [0.15, 0.2) is 5.75 Å². The minimum atomic E-state index is -0.861. The second kappa shape index (κ2) is 5.97. The molecule has 104 valence electrons. The van der Waals surface area contributed by atoms with Crippen molar-refractivity contribution in [2.24, 2.45) is 0 Å². The lowest BCUT2D eigenvalue weighted by Crippen LogP contribution is -2.26. The summed E-state index contributed by atoms with van der Waals surface area (Å²) in [5, 5.41) is 10.8. The average Bonchev–Trinajstić information content (AvgIpc) is 2.75. The molecule has 0 bridgehead atoms. The number of nitro benzene ring substituents is 1. The first-order valence-electron chi connectivity index (χ1n) is 6.35. The summed E-state index contributed by atoms with van der Waals surface area (Å²) in [5.74, 6) is -0.855. The summed E-state index contributed by atoms with van der Waals surface area (Å²) in [6.07, 6.45) is 3.08. The van der Waals surface area contributed by atoms with Crippen LogP contribution in [0.1, 0.15) is 19.3 Å². The molecule has 0 N–H and O–H groups in total. The zero-order valence-electron chi connectivity index (χ0n) is 10.8. The van der Waals surface area contributed by atoms with Crippen LogP contribution in [0.2, 0.25) is 0 Å². The molecule has 1 atom stereocenters. The quantitative estimate of drug-likeness (QED) is 0.608. The Morgan fingerprint density at radius 2 is 2.37 bits per heavy atom. The Kier molecular flexibility index (Phi) is 4.31. The van der Waals surface area contributed by atoms with E-state index in [0.717, 1.165) is 25.5 Å². The number of ether oxygens (including phenoxy) is 1. The van der Waals surface area contributed by atoms with E-state index in [9.17, 15) is 14.5 Å². The molecular formula is C13H17FN2O3. The van der Waals surface area contributed by atoms with Crippen LogP contribution in [0.15, 0.2) is 18.2 Å². The van der Waals surface area contributed by atoms with E-state index in [0.29, 0.717) is 12.6 Å². The lowest BCUT2D eigenvalue weighted by atomic mass is 10.1. The fourth-order valence-electron chi connectivity index (χ4n) is 2.44. The predicted octanol–water partition coefficient (Wildman–Crippen LogP) is 2.60. The van der Waals surface area contributed by atoms with Crippen molar-refractivity contribution in [1.29, 1.82) is 0 Å². The second-order valence-corrected chi connectivity index (χ2v) is 4.76. The highest BCUT2D eigenvalue weighted by molar-refractivity contribution is 5.47. The molecule has 1 aliphatic heterocycles. The van der Waals surface area contributed by atoms with Crippen LogP contribution in [0.25, 0.3) is 0 Å². The van der Waals surface area contributed by atoms with Crippen molar-refractivity contribution >= 4 is 5.69 Å². The van der Waals surface area contributed by atoms with Gasteiger partial charge in [0.25, 0.3) is 0 Å². The molecule has 2 rings (SSSR count). The second-order valence-electron chi connectivity index (χ2n) is 4.76. The van der Waals surface area contributed by atoms with E-state index in [-0.39, 0.29) is 5.75 Å². The molecule has 0 aliphatic carbocycles. The first-order chi connectivity index (χ1) is 9.09. The van der Waals surface area contributed by atoms with E-state index >= 15 is 0 Å². The fourth-order valence-corrected chi connectivity index (χ4v) is 2.44. The Bertz CT molecular complexity index is 467. The third-order valence-electron chi connectivity index (χ3n) is 3.51. The summed E-state index contributed by atoms with van der Waals surface area (Å²) in [6.45, 7) is 1.43. The molecule has 1 saturated heterocycles. The van der Waals surface area contributed by atoms with Crippen LogP contribution in [0.3, 0.4) is 0 Å². The number of para-hydroxylation sites is 1. The summed E-state index contributed by atoms with van der Waals surface area (Å²) < 4.78 is 18.7. The number of rotatable bonds is 5. The predicted molar refractivity (Wildman–Crippen MR) is 68.8 cm³/mol. The van der Waals surface area contributed by atoms with Gasteiger partial charge in [-0.25, -0.2) is 0 Å². The van der Waals surface area contributed by atoms with E-state index < -0.39 is 16.4 Å². The first kappa shape index (κ1) is 13.7.